The second-order valence-corrected chi connectivity index (χ2v) is 4.63. The number of nitrogens with two attached hydrogens (primary N) is 1. The minimum atomic E-state index is -0.334. The summed E-state index contributed by atoms with van der Waals surface area (Å²) in [5.41, 5.74) is 5.45. The van der Waals surface area contributed by atoms with Gasteiger partial charge >= 0.3 is 6.03 Å². The minimum Gasteiger partial charge on any atom is -0.332 e. The Hall–Kier alpha value is -0.770. The van der Waals surface area contributed by atoms with Gasteiger partial charge < -0.3 is 16.0 Å². The third-order valence-corrected chi connectivity index (χ3v) is 2.96. The van der Waals surface area contributed by atoms with Crippen LogP contribution in [0.3, 0.4) is 0 Å². The van der Waals surface area contributed by atoms with E-state index in [9.17, 15) is 4.79 Å². The van der Waals surface area contributed by atoms with Crippen LogP contribution in [0.2, 0.25) is 0 Å². The Morgan fingerprint density at radius 1 is 1.43 bits per heavy atom. The molecule has 0 bridgehead atoms. The first-order valence-corrected chi connectivity index (χ1v) is 5.26. The van der Waals surface area contributed by atoms with Crippen LogP contribution in [0.25, 0.3) is 0 Å². The number of hydrogen-bond acceptors (Lipinski definition) is 2. The highest BCUT2D eigenvalue weighted by molar-refractivity contribution is 5.75. The van der Waals surface area contributed by atoms with E-state index in [1.54, 1.807) is 0 Å². The van der Waals surface area contributed by atoms with Crippen molar-refractivity contribution in [2.75, 3.05) is 13.1 Å². The molecule has 4 nitrogen and oxygen atoms in total. The molecule has 1 aliphatic heterocycles. The smallest absolute Gasteiger partial charge is 0.317 e. The van der Waals surface area contributed by atoms with Crippen molar-refractivity contribution in [1.29, 1.82) is 0 Å². The van der Waals surface area contributed by atoms with Crippen molar-refractivity contribution in [3.05, 3.63) is 0 Å². The van der Waals surface area contributed by atoms with Crippen LogP contribution in [-0.2, 0) is 0 Å². The van der Waals surface area contributed by atoms with Gasteiger partial charge in [-0.2, -0.15) is 0 Å². The summed E-state index contributed by atoms with van der Waals surface area (Å²) in [6.07, 6.45) is 2.23. The predicted molar refractivity (Wildman–Crippen MR) is 57.1 cm³/mol. The summed E-state index contributed by atoms with van der Waals surface area (Å²) in [5, 5.41) is 2.96. The van der Waals surface area contributed by atoms with Crippen molar-refractivity contribution in [2.45, 2.75) is 45.2 Å². The van der Waals surface area contributed by atoms with Crippen molar-refractivity contribution < 1.29 is 4.79 Å². The summed E-state index contributed by atoms with van der Waals surface area (Å²) in [4.78, 5) is 13.6. The summed E-state index contributed by atoms with van der Waals surface area (Å²) in [5.74, 6) is 0. The summed E-state index contributed by atoms with van der Waals surface area (Å²) >= 11 is 0. The molecule has 0 radical (unpaired) electrons. The third kappa shape index (κ3) is 2.61. The zero-order chi connectivity index (χ0) is 10.8. The number of nitrogens with one attached hydrogen (secondary N) is 1. The van der Waals surface area contributed by atoms with Crippen LogP contribution in [0.4, 0.5) is 4.79 Å². The molecule has 0 spiro atoms. The van der Waals surface area contributed by atoms with E-state index in [-0.39, 0.29) is 17.6 Å². The number of urea groups is 1. The molecule has 1 fully saturated rings. The molecule has 1 rings (SSSR count). The van der Waals surface area contributed by atoms with E-state index in [4.69, 9.17) is 5.73 Å². The Morgan fingerprint density at radius 2 is 1.93 bits per heavy atom. The van der Waals surface area contributed by atoms with Gasteiger partial charge in [0.25, 0.3) is 0 Å². The van der Waals surface area contributed by atoms with Crippen molar-refractivity contribution in [2.24, 2.45) is 5.73 Å². The van der Waals surface area contributed by atoms with E-state index in [0.717, 1.165) is 25.9 Å². The normalized spacial score (nSPS) is 19.6. The van der Waals surface area contributed by atoms with E-state index in [1.165, 1.54) is 0 Å². The highest BCUT2D eigenvalue weighted by Crippen LogP contribution is 2.11. The zero-order valence-corrected chi connectivity index (χ0v) is 9.34. The molecule has 0 aromatic heterocycles. The second kappa shape index (κ2) is 4.17. The average Bonchev–Trinajstić information content (AvgIpc) is 2.54. The maximum Gasteiger partial charge on any atom is 0.317 e. The fourth-order valence-electron chi connectivity index (χ4n) is 1.39. The van der Waals surface area contributed by atoms with E-state index in [1.807, 2.05) is 25.7 Å². The summed E-state index contributed by atoms with van der Waals surface area (Å²) < 4.78 is 0. The van der Waals surface area contributed by atoms with Crippen molar-refractivity contribution >= 4 is 6.03 Å². The largest absolute Gasteiger partial charge is 0.332 e. The average molecular weight is 199 g/mol. The fraction of sp³-hybridized carbons (Fsp3) is 0.900. The van der Waals surface area contributed by atoms with Crippen LogP contribution in [0, 0.1) is 0 Å². The molecule has 0 aromatic rings. The van der Waals surface area contributed by atoms with Gasteiger partial charge in [0.15, 0.2) is 0 Å². The Labute approximate surface area is 85.8 Å². The summed E-state index contributed by atoms with van der Waals surface area (Å²) in [6, 6.07) is -0.0288. The maximum absolute atomic E-state index is 11.7. The van der Waals surface area contributed by atoms with Gasteiger partial charge in [0.2, 0.25) is 0 Å². The Balaban J connectivity index is 2.46. The molecule has 1 atom stereocenters. The minimum absolute atomic E-state index is 0.0183. The molecular weight excluding hydrogens is 178 g/mol. The maximum atomic E-state index is 11.7. The van der Waals surface area contributed by atoms with Gasteiger partial charge in [-0.1, -0.05) is 0 Å². The molecule has 0 saturated carbocycles. The molecule has 0 aliphatic carbocycles. The highest BCUT2D eigenvalue weighted by atomic mass is 16.2. The number of carbonyl (C=O) groups is 1. The van der Waals surface area contributed by atoms with Gasteiger partial charge in [-0.25, -0.2) is 4.79 Å². The first kappa shape index (κ1) is 11.3. The lowest BCUT2D eigenvalue weighted by molar-refractivity contribution is 0.193. The van der Waals surface area contributed by atoms with Crippen LogP contribution in [-0.4, -0.2) is 35.6 Å². The summed E-state index contributed by atoms with van der Waals surface area (Å²) in [6.45, 7) is 7.56. The molecule has 0 aromatic carbocycles. The highest BCUT2D eigenvalue weighted by Gasteiger charge is 2.28. The number of amides is 2. The monoisotopic (exact) mass is 199 g/mol. The number of carbonyl (C=O) groups excluding carboxylic acids is 1. The number of nitrogens with zero attached hydrogens (tertiary/aromatic N) is 1. The zero-order valence-electron chi connectivity index (χ0n) is 9.34. The third-order valence-electron chi connectivity index (χ3n) is 2.96. The fourth-order valence-corrected chi connectivity index (χ4v) is 1.39. The lowest BCUT2D eigenvalue weighted by atomic mass is 9.97. The topological polar surface area (TPSA) is 58.4 Å². The van der Waals surface area contributed by atoms with Gasteiger partial charge in [-0.05, 0) is 33.6 Å². The molecule has 1 heterocycles. The Bertz CT molecular complexity index is 207. The van der Waals surface area contributed by atoms with Gasteiger partial charge in [0.05, 0.1) is 5.54 Å². The molecule has 3 N–H and O–H groups in total. The molecular formula is C10H21N3O. The van der Waals surface area contributed by atoms with Gasteiger partial charge in [-0.15, -0.1) is 0 Å². The predicted octanol–water partition coefficient (Wildman–Crippen LogP) is 0.918. The number of hydrogen-bond donors (Lipinski definition) is 2. The van der Waals surface area contributed by atoms with Crippen molar-refractivity contribution in [1.82, 2.24) is 10.2 Å². The standard InChI is InChI=1S/C10H21N3O/c1-8(11)10(2,3)12-9(14)13-6-4-5-7-13/h8H,4-7,11H2,1-3H3,(H,12,14). The Kier molecular flexibility index (Phi) is 3.37. The van der Waals surface area contributed by atoms with Gasteiger partial charge in [0, 0.05) is 19.1 Å². The molecule has 2 amide bonds. The van der Waals surface area contributed by atoms with E-state index in [2.05, 4.69) is 5.32 Å². The first-order valence-electron chi connectivity index (χ1n) is 5.26. The second-order valence-electron chi connectivity index (χ2n) is 4.63. The van der Waals surface area contributed by atoms with Crippen LogP contribution in [0.1, 0.15) is 33.6 Å². The molecule has 1 aliphatic rings. The SMILES string of the molecule is CC(N)C(C)(C)NC(=O)N1CCCC1. The molecule has 14 heavy (non-hydrogen) atoms. The van der Waals surface area contributed by atoms with Gasteiger partial charge in [-0.3, -0.25) is 0 Å². The van der Waals surface area contributed by atoms with Crippen LogP contribution < -0.4 is 11.1 Å². The quantitative estimate of drug-likeness (QED) is 0.694. The lowest BCUT2D eigenvalue weighted by Crippen LogP contribution is -2.57. The number of likely N-dealkylation sites (tertiary alicyclic amines) is 1. The van der Waals surface area contributed by atoms with Gasteiger partial charge in [0.1, 0.15) is 0 Å². The lowest BCUT2D eigenvalue weighted by Gasteiger charge is -2.32. The molecule has 4 heteroatoms. The molecule has 1 saturated heterocycles. The molecule has 1 unspecified atom stereocenters. The van der Waals surface area contributed by atoms with E-state index < -0.39 is 0 Å². The van der Waals surface area contributed by atoms with Crippen molar-refractivity contribution in [3.63, 3.8) is 0 Å². The van der Waals surface area contributed by atoms with E-state index >= 15 is 0 Å². The van der Waals surface area contributed by atoms with Crippen LogP contribution in [0.5, 0.6) is 0 Å². The summed E-state index contributed by atoms with van der Waals surface area (Å²) in [7, 11) is 0. The molecule has 82 valence electrons. The number of rotatable bonds is 2. The Morgan fingerprint density at radius 3 is 2.36 bits per heavy atom. The van der Waals surface area contributed by atoms with Crippen LogP contribution in [0.15, 0.2) is 0 Å². The van der Waals surface area contributed by atoms with E-state index in [0.29, 0.717) is 0 Å². The first-order chi connectivity index (χ1) is 6.43. The van der Waals surface area contributed by atoms with Crippen molar-refractivity contribution in [3.8, 4) is 0 Å². The van der Waals surface area contributed by atoms with Crippen LogP contribution >= 0.6 is 0 Å².